The molecule has 0 bridgehead atoms. The Morgan fingerprint density at radius 2 is 1.87 bits per heavy atom. The Kier molecular flexibility index (Phi) is 4.94. The van der Waals surface area contributed by atoms with E-state index in [1.165, 1.54) is 6.07 Å². The van der Waals surface area contributed by atoms with Gasteiger partial charge in [-0.1, -0.05) is 36.4 Å². The van der Waals surface area contributed by atoms with E-state index < -0.39 is 0 Å². The largest absolute Gasteiger partial charge is 0.487 e. The normalized spacial score (nSPS) is 18.3. The van der Waals surface area contributed by atoms with Crippen molar-refractivity contribution in [3.05, 3.63) is 65.5 Å². The molecule has 1 aliphatic rings. The van der Waals surface area contributed by atoms with Gasteiger partial charge in [0, 0.05) is 37.3 Å². The minimum Gasteiger partial charge on any atom is -0.487 e. The van der Waals surface area contributed by atoms with E-state index in [-0.39, 0.29) is 11.9 Å². The lowest BCUT2D eigenvalue weighted by molar-refractivity contribution is 0.116. The van der Waals surface area contributed by atoms with Crippen LogP contribution in [0.5, 0.6) is 5.75 Å². The highest BCUT2D eigenvalue weighted by Gasteiger charge is 2.23. The summed E-state index contributed by atoms with van der Waals surface area (Å²) in [7, 11) is 4.09. The fraction of sp³-hybridized carbons (Fsp3) is 0.368. The molecule has 0 fully saturated rings. The molecule has 0 aliphatic carbocycles. The molecule has 2 aromatic rings. The number of para-hydroxylation sites is 1. The lowest BCUT2D eigenvalue weighted by Crippen LogP contribution is -2.39. The van der Waals surface area contributed by atoms with E-state index in [2.05, 4.69) is 15.9 Å². The predicted octanol–water partition coefficient (Wildman–Crippen LogP) is 3.15. The van der Waals surface area contributed by atoms with E-state index in [1.807, 2.05) is 44.4 Å². The number of hydrogen-bond acceptors (Lipinski definition) is 3. The van der Waals surface area contributed by atoms with Crippen LogP contribution in [0.3, 0.4) is 0 Å². The average Bonchev–Trinajstić information content (AvgIpc) is 2.67. The van der Waals surface area contributed by atoms with Gasteiger partial charge in [-0.2, -0.15) is 0 Å². The number of halogens is 1. The minimum atomic E-state index is -0.143. The molecule has 0 saturated heterocycles. The van der Waals surface area contributed by atoms with Crippen LogP contribution < -0.4 is 4.74 Å². The Bertz CT molecular complexity index is 659. The molecule has 0 unspecified atom stereocenters. The van der Waals surface area contributed by atoms with Gasteiger partial charge in [0.15, 0.2) is 0 Å². The second-order valence-corrected chi connectivity index (χ2v) is 6.37. The number of hydrogen-bond donors (Lipinski definition) is 0. The topological polar surface area (TPSA) is 15.7 Å². The van der Waals surface area contributed by atoms with Crippen LogP contribution in [0.4, 0.5) is 4.39 Å². The summed E-state index contributed by atoms with van der Waals surface area (Å²) in [5, 5.41) is 0. The van der Waals surface area contributed by atoms with Gasteiger partial charge in [0.2, 0.25) is 0 Å². The maximum atomic E-state index is 14.0. The van der Waals surface area contributed by atoms with Crippen molar-refractivity contribution in [3.8, 4) is 5.75 Å². The molecule has 0 aromatic heterocycles. The zero-order valence-corrected chi connectivity index (χ0v) is 13.7. The Hall–Kier alpha value is -1.91. The smallest absolute Gasteiger partial charge is 0.127 e. The summed E-state index contributed by atoms with van der Waals surface area (Å²) >= 11 is 0. The first-order valence-electron chi connectivity index (χ1n) is 7.97. The summed E-state index contributed by atoms with van der Waals surface area (Å²) in [4.78, 5) is 4.39. The lowest BCUT2D eigenvalue weighted by atomic mass is 10.1. The maximum absolute atomic E-state index is 14.0. The monoisotopic (exact) mass is 314 g/mol. The highest BCUT2D eigenvalue weighted by Crippen LogP contribution is 2.26. The molecule has 0 radical (unpaired) electrons. The molecule has 0 amide bonds. The summed E-state index contributed by atoms with van der Waals surface area (Å²) in [6.07, 6.45) is 0.0698. The molecule has 1 atom stereocenters. The third-order valence-electron chi connectivity index (χ3n) is 4.04. The number of benzene rings is 2. The van der Waals surface area contributed by atoms with Crippen molar-refractivity contribution in [2.45, 2.75) is 19.2 Å². The van der Waals surface area contributed by atoms with Crippen LogP contribution in [0.2, 0.25) is 0 Å². The van der Waals surface area contributed by atoms with Crippen molar-refractivity contribution < 1.29 is 9.13 Å². The number of nitrogens with zero attached hydrogens (tertiary/aromatic N) is 2. The molecule has 1 heterocycles. The number of ether oxygens (including phenoxy) is 1. The maximum Gasteiger partial charge on any atom is 0.127 e. The fourth-order valence-corrected chi connectivity index (χ4v) is 3.05. The summed E-state index contributed by atoms with van der Waals surface area (Å²) < 4.78 is 20.2. The number of fused-ring (bicyclic) bond motifs is 1. The summed E-state index contributed by atoms with van der Waals surface area (Å²) in [5.41, 5.74) is 1.89. The van der Waals surface area contributed by atoms with E-state index >= 15 is 0 Å². The third kappa shape index (κ3) is 4.09. The first-order chi connectivity index (χ1) is 11.1. The molecule has 3 rings (SSSR count). The van der Waals surface area contributed by atoms with Gasteiger partial charge >= 0.3 is 0 Å². The summed E-state index contributed by atoms with van der Waals surface area (Å²) in [6, 6.07) is 15.1. The second-order valence-electron chi connectivity index (χ2n) is 6.37. The Balaban J connectivity index is 1.83. The molecule has 23 heavy (non-hydrogen) atoms. The van der Waals surface area contributed by atoms with Crippen molar-refractivity contribution >= 4 is 0 Å². The first kappa shape index (κ1) is 16.0. The van der Waals surface area contributed by atoms with Crippen LogP contribution in [0.15, 0.2) is 48.5 Å². The van der Waals surface area contributed by atoms with Crippen LogP contribution in [0.1, 0.15) is 11.1 Å². The van der Waals surface area contributed by atoms with Gasteiger partial charge < -0.3 is 9.64 Å². The van der Waals surface area contributed by atoms with Gasteiger partial charge in [-0.15, -0.1) is 0 Å². The molecular formula is C19H23FN2O. The zero-order chi connectivity index (χ0) is 16.2. The fourth-order valence-electron chi connectivity index (χ4n) is 3.05. The lowest BCUT2D eigenvalue weighted by Gasteiger charge is -2.26. The highest BCUT2D eigenvalue weighted by atomic mass is 19.1. The summed E-state index contributed by atoms with van der Waals surface area (Å²) in [6.45, 7) is 2.98. The Labute approximate surface area is 137 Å². The van der Waals surface area contributed by atoms with Gasteiger partial charge in [0.1, 0.15) is 17.7 Å². The number of rotatable bonds is 4. The minimum absolute atomic E-state index is 0.0698. The van der Waals surface area contributed by atoms with Gasteiger partial charge in [-0.25, -0.2) is 4.39 Å². The molecular weight excluding hydrogens is 291 g/mol. The first-order valence-corrected chi connectivity index (χ1v) is 7.97. The molecule has 0 N–H and O–H groups in total. The van der Waals surface area contributed by atoms with Crippen molar-refractivity contribution in [2.75, 3.05) is 27.2 Å². The van der Waals surface area contributed by atoms with Gasteiger partial charge in [-0.3, -0.25) is 4.90 Å². The molecule has 4 heteroatoms. The zero-order valence-electron chi connectivity index (χ0n) is 13.7. The van der Waals surface area contributed by atoms with E-state index in [9.17, 15) is 4.39 Å². The Morgan fingerprint density at radius 3 is 2.65 bits per heavy atom. The molecule has 0 spiro atoms. The molecule has 2 aromatic carbocycles. The van der Waals surface area contributed by atoms with Crippen LogP contribution in [0, 0.1) is 5.82 Å². The average molecular weight is 314 g/mol. The van der Waals surface area contributed by atoms with Crippen molar-refractivity contribution in [1.82, 2.24) is 9.80 Å². The summed E-state index contributed by atoms with van der Waals surface area (Å²) in [5.74, 6) is 0.797. The van der Waals surface area contributed by atoms with Crippen LogP contribution >= 0.6 is 0 Å². The molecule has 122 valence electrons. The van der Waals surface area contributed by atoms with E-state index in [1.54, 1.807) is 6.07 Å². The molecule has 0 saturated carbocycles. The quantitative estimate of drug-likeness (QED) is 0.862. The van der Waals surface area contributed by atoms with E-state index in [0.717, 1.165) is 36.5 Å². The van der Waals surface area contributed by atoms with Crippen molar-refractivity contribution in [3.63, 3.8) is 0 Å². The van der Waals surface area contributed by atoms with Crippen LogP contribution in [-0.2, 0) is 13.1 Å². The Morgan fingerprint density at radius 1 is 1.13 bits per heavy atom. The second kappa shape index (κ2) is 7.11. The van der Waals surface area contributed by atoms with E-state index in [4.69, 9.17) is 4.74 Å². The number of likely N-dealkylation sites (N-methyl/N-ethyl adjacent to an activating group) is 1. The van der Waals surface area contributed by atoms with Crippen LogP contribution in [-0.4, -0.2) is 43.1 Å². The van der Waals surface area contributed by atoms with Gasteiger partial charge in [-0.05, 0) is 26.2 Å². The SMILES string of the molecule is CN(C)C[C@@H]1CN(Cc2ccccc2F)Cc2ccccc2O1. The predicted molar refractivity (Wildman–Crippen MR) is 89.9 cm³/mol. The van der Waals surface area contributed by atoms with Crippen molar-refractivity contribution in [1.29, 1.82) is 0 Å². The molecule has 1 aliphatic heterocycles. The van der Waals surface area contributed by atoms with Crippen LogP contribution in [0.25, 0.3) is 0 Å². The van der Waals surface area contributed by atoms with Gasteiger partial charge in [0.25, 0.3) is 0 Å². The highest BCUT2D eigenvalue weighted by molar-refractivity contribution is 5.34. The van der Waals surface area contributed by atoms with Gasteiger partial charge in [0.05, 0.1) is 0 Å². The van der Waals surface area contributed by atoms with E-state index in [0.29, 0.717) is 6.54 Å². The van der Waals surface area contributed by atoms with Crippen molar-refractivity contribution in [2.24, 2.45) is 0 Å². The third-order valence-corrected chi connectivity index (χ3v) is 4.04. The standard InChI is InChI=1S/C19H23FN2O/c1-21(2)13-17-14-22(11-15-7-3-5-9-18(15)20)12-16-8-4-6-10-19(16)23-17/h3-10,17H,11-14H2,1-2H3/t17-/m1/s1. The molecule has 3 nitrogen and oxygen atoms in total.